The number of hydrogen-bond acceptors (Lipinski definition) is 1. The molecule has 1 aliphatic heterocycles. The van der Waals surface area contributed by atoms with E-state index in [0.29, 0.717) is 5.54 Å². The van der Waals surface area contributed by atoms with Gasteiger partial charge in [0.05, 0.1) is 26.7 Å². The zero-order valence-corrected chi connectivity index (χ0v) is 9.93. The quantitative estimate of drug-likeness (QED) is 0.607. The normalized spacial score (nSPS) is 31.2. The molecule has 1 fully saturated rings. The van der Waals surface area contributed by atoms with Crippen LogP contribution in [0.15, 0.2) is 0 Å². The maximum Gasteiger partial charge on any atom is 0.135 e. The molecule has 0 aromatic heterocycles. The van der Waals surface area contributed by atoms with Crippen LogP contribution in [-0.2, 0) is 0 Å². The highest BCUT2D eigenvalue weighted by Gasteiger charge is 2.37. The van der Waals surface area contributed by atoms with Gasteiger partial charge in [0.2, 0.25) is 0 Å². The van der Waals surface area contributed by atoms with E-state index in [2.05, 4.69) is 39.6 Å². The summed E-state index contributed by atoms with van der Waals surface area (Å²) in [7, 11) is 2.37. The van der Waals surface area contributed by atoms with E-state index in [4.69, 9.17) is 0 Å². The SMILES string of the molecule is CCC(C)(C)N1CC[N@@+](C)(CC)C1. The zero-order chi connectivity index (χ0) is 10.1. The Hall–Kier alpha value is -0.0800. The van der Waals surface area contributed by atoms with Crippen molar-refractivity contribution >= 4 is 0 Å². The molecule has 0 radical (unpaired) electrons. The summed E-state index contributed by atoms with van der Waals surface area (Å²) in [5.74, 6) is 0. The van der Waals surface area contributed by atoms with Crippen LogP contribution in [0.3, 0.4) is 0 Å². The Kier molecular flexibility index (Phi) is 3.03. The van der Waals surface area contributed by atoms with Gasteiger partial charge in [-0.15, -0.1) is 0 Å². The van der Waals surface area contributed by atoms with Crippen molar-refractivity contribution in [1.82, 2.24) is 4.90 Å². The fraction of sp³-hybridized carbons (Fsp3) is 1.00. The zero-order valence-electron chi connectivity index (χ0n) is 9.93. The number of hydrogen-bond donors (Lipinski definition) is 0. The molecule has 78 valence electrons. The minimum Gasteiger partial charge on any atom is -0.313 e. The van der Waals surface area contributed by atoms with Crippen molar-refractivity contribution in [3.8, 4) is 0 Å². The van der Waals surface area contributed by atoms with Crippen LogP contribution in [0.2, 0.25) is 0 Å². The fourth-order valence-corrected chi connectivity index (χ4v) is 1.89. The second kappa shape index (κ2) is 3.58. The van der Waals surface area contributed by atoms with Gasteiger partial charge >= 0.3 is 0 Å². The molecule has 0 aromatic rings. The summed E-state index contributed by atoms with van der Waals surface area (Å²) in [5.41, 5.74) is 0.394. The predicted octanol–water partition coefficient (Wildman–Crippen LogP) is 1.91. The standard InChI is InChI=1S/C11H25N2/c1-6-11(3,4)12-8-9-13(5,7-2)10-12/h6-10H2,1-5H3/q+1/t13-/m1/s1. The second-order valence-electron chi connectivity index (χ2n) is 5.23. The van der Waals surface area contributed by atoms with Crippen LogP contribution < -0.4 is 0 Å². The third-order valence-electron chi connectivity index (χ3n) is 3.91. The smallest absolute Gasteiger partial charge is 0.135 e. The van der Waals surface area contributed by atoms with Crippen molar-refractivity contribution in [2.24, 2.45) is 0 Å². The molecule has 0 aromatic carbocycles. The van der Waals surface area contributed by atoms with E-state index >= 15 is 0 Å². The van der Waals surface area contributed by atoms with E-state index in [0.717, 1.165) is 0 Å². The summed E-state index contributed by atoms with van der Waals surface area (Å²) in [4.78, 5) is 2.64. The van der Waals surface area contributed by atoms with E-state index in [1.54, 1.807) is 0 Å². The van der Waals surface area contributed by atoms with Gasteiger partial charge in [-0.2, -0.15) is 0 Å². The summed E-state index contributed by atoms with van der Waals surface area (Å²) in [6.45, 7) is 14.4. The van der Waals surface area contributed by atoms with E-state index in [-0.39, 0.29) is 0 Å². The minimum absolute atomic E-state index is 0.394. The van der Waals surface area contributed by atoms with Gasteiger partial charge in [-0.1, -0.05) is 6.92 Å². The summed E-state index contributed by atoms with van der Waals surface area (Å²) < 4.78 is 1.23. The van der Waals surface area contributed by atoms with Gasteiger partial charge in [-0.3, -0.25) is 0 Å². The van der Waals surface area contributed by atoms with Crippen molar-refractivity contribution < 1.29 is 4.48 Å². The molecular formula is C11H25N2+. The van der Waals surface area contributed by atoms with E-state index in [1.807, 2.05) is 0 Å². The van der Waals surface area contributed by atoms with Crippen molar-refractivity contribution in [2.75, 3.05) is 33.4 Å². The van der Waals surface area contributed by atoms with Gasteiger partial charge in [0.25, 0.3) is 0 Å². The number of rotatable bonds is 3. The fourth-order valence-electron chi connectivity index (χ4n) is 1.89. The Morgan fingerprint density at radius 3 is 2.31 bits per heavy atom. The van der Waals surface area contributed by atoms with Gasteiger partial charge in [0.1, 0.15) is 6.67 Å². The van der Waals surface area contributed by atoms with Gasteiger partial charge in [0, 0.05) is 5.54 Å². The Morgan fingerprint density at radius 1 is 1.31 bits per heavy atom. The number of likely N-dealkylation sites (N-methyl/N-ethyl adjacent to an activating group) is 1. The van der Waals surface area contributed by atoms with E-state index < -0.39 is 0 Å². The summed E-state index contributed by atoms with van der Waals surface area (Å²) in [6, 6.07) is 0. The van der Waals surface area contributed by atoms with Crippen LogP contribution >= 0.6 is 0 Å². The van der Waals surface area contributed by atoms with Crippen LogP contribution in [0, 0.1) is 0 Å². The van der Waals surface area contributed by atoms with Crippen molar-refractivity contribution in [3.05, 3.63) is 0 Å². The first-order chi connectivity index (χ1) is 5.93. The van der Waals surface area contributed by atoms with Crippen LogP contribution in [-0.4, -0.2) is 48.3 Å². The molecule has 0 aliphatic carbocycles. The molecule has 0 unspecified atom stereocenters. The van der Waals surface area contributed by atoms with Crippen LogP contribution in [0.25, 0.3) is 0 Å². The lowest BCUT2D eigenvalue weighted by atomic mass is 10.0. The maximum absolute atomic E-state index is 2.64. The third kappa shape index (κ3) is 2.23. The Labute approximate surface area is 83.1 Å². The summed E-state index contributed by atoms with van der Waals surface area (Å²) >= 11 is 0. The molecule has 13 heavy (non-hydrogen) atoms. The average Bonchev–Trinajstić information content (AvgIpc) is 2.50. The topological polar surface area (TPSA) is 3.24 Å². The highest BCUT2D eigenvalue weighted by Crippen LogP contribution is 2.24. The Morgan fingerprint density at radius 2 is 1.92 bits per heavy atom. The van der Waals surface area contributed by atoms with Gasteiger partial charge < -0.3 is 4.48 Å². The first-order valence-electron chi connectivity index (χ1n) is 5.52. The molecule has 2 nitrogen and oxygen atoms in total. The van der Waals surface area contributed by atoms with Crippen molar-refractivity contribution in [1.29, 1.82) is 0 Å². The molecule has 0 bridgehead atoms. The molecule has 2 heteroatoms. The van der Waals surface area contributed by atoms with Crippen LogP contribution in [0.4, 0.5) is 0 Å². The van der Waals surface area contributed by atoms with E-state index in [1.165, 1.54) is 37.2 Å². The summed E-state index contributed by atoms with van der Waals surface area (Å²) in [5, 5.41) is 0. The molecule has 1 rings (SSSR count). The van der Waals surface area contributed by atoms with Gasteiger partial charge in [-0.05, 0) is 27.2 Å². The molecule has 1 saturated heterocycles. The minimum atomic E-state index is 0.394. The molecular weight excluding hydrogens is 160 g/mol. The second-order valence-corrected chi connectivity index (χ2v) is 5.23. The largest absolute Gasteiger partial charge is 0.313 e. The highest BCUT2D eigenvalue weighted by atomic mass is 15.5. The Bertz CT molecular complexity index is 177. The van der Waals surface area contributed by atoms with Crippen LogP contribution in [0.1, 0.15) is 34.1 Å². The molecule has 1 aliphatic rings. The van der Waals surface area contributed by atoms with Gasteiger partial charge in [-0.25, -0.2) is 4.90 Å². The molecule has 0 amide bonds. The highest BCUT2D eigenvalue weighted by molar-refractivity contribution is 4.80. The first-order valence-corrected chi connectivity index (χ1v) is 5.52. The molecule has 1 heterocycles. The molecule has 1 atom stereocenters. The molecule has 0 saturated carbocycles. The average molecular weight is 185 g/mol. The van der Waals surface area contributed by atoms with Gasteiger partial charge in [0.15, 0.2) is 0 Å². The monoisotopic (exact) mass is 185 g/mol. The maximum atomic E-state index is 2.64. The predicted molar refractivity (Wildman–Crippen MR) is 57.5 cm³/mol. The van der Waals surface area contributed by atoms with Crippen molar-refractivity contribution in [2.45, 2.75) is 39.7 Å². The Balaban J connectivity index is 2.59. The lowest BCUT2D eigenvalue weighted by Gasteiger charge is -2.35. The van der Waals surface area contributed by atoms with E-state index in [9.17, 15) is 0 Å². The van der Waals surface area contributed by atoms with Crippen molar-refractivity contribution in [3.63, 3.8) is 0 Å². The third-order valence-corrected chi connectivity index (χ3v) is 3.91. The number of nitrogens with zero attached hydrogens (tertiary/aromatic N) is 2. The summed E-state index contributed by atoms with van der Waals surface area (Å²) in [6.07, 6.45) is 1.25. The molecule has 0 N–H and O–H groups in total. The number of quaternary nitrogens is 1. The lowest BCUT2D eigenvalue weighted by Crippen LogP contribution is -2.47. The molecule has 0 spiro atoms. The lowest BCUT2D eigenvalue weighted by molar-refractivity contribution is -0.900. The first kappa shape index (κ1) is 11.0. The van der Waals surface area contributed by atoms with Crippen LogP contribution in [0.5, 0.6) is 0 Å².